The number of amides is 1. The number of nitrogens with zero attached hydrogens (tertiary/aromatic N) is 3. The molecule has 4 aromatic rings. The fraction of sp³-hybridized carbons (Fsp3) is 0.276. The number of benzene rings is 3. The summed E-state index contributed by atoms with van der Waals surface area (Å²) >= 11 is 0. The largest absolute Gasteiger partial charge is 0.383 e. The quantitative estimate of drug-likeness (QED) is 0.360. The van der Waals surface area contributed by atoms with Gasteiger partial charge in [0.25, 0.3) is 11.5 Å². The third-order valence-electron chi connectivity index (χ3n) is 6.42. The number of hydrogen-bond donors (Lipinski definition) is 0. The Balaban J connectivity index is 1.90. The van der Waals surface area contributed by atoms with E-state index in [9.17, 15) is 9.59 Å². The summed E-state index contributed by atoms with van der Waals surface area (Å²) in [4.78, 5) is 34.1. The molecule has 0 saturated heterocycles. The van der Waals surface area contributed by atoms with Crippen molar-refractivity contribution in [2.75, 3.05) is 20.3 Å². The Labute approximate surface area is 205 Å². The van der Waals surface area contributed by atoms with Gasteiger partial charge in [0.15, 0.2) is 0 Å². The molecule has 0 aliphatic rings. The summed E-state index contributed by atoms with van der Waals surface area (Å²) in [5.41, 5.74) is 3.88. The van der Waals surface area contributed by atoms with E-state index in [1.807, 2.05) is 80.6 Å². The van der Waals surface area contributed by atoms with E-state index in [1.54, 1.807) is 22.6 Å². The first-order valence-electron chi connectivity index (χ1n) is 11.9. The lowest BCUT2D eigenvalue weighted by molar-refractivity contribution is 0.0604. The third kappa shape index (κ3) is 4.88. The van der Waals surface area contributed by atoms with Crippen LogP contribution in [0.2, 0.25) is 0 Å². The molecule has 0 saturated carbocycles. The molecule has 1 atom stereocenters. The highest BCUT2D eigenvalue weighted by Gasteiger charge is 2.28. The Morgan fingerprint density at radius 2 is 1.71 bits per heavy atom. The number of aromatic nitrogens is 2. The van der Waals surface area contributed by atoms with Crippen LogP contribution in [0.3, 0.4) is 0 Å². The summed E-state index contributed by atoms with van der Waals surface area (Å²) in [7, 11) is 1.61. The summed E-state index contributed by atoms with van der Waals surface area (Å²) in [5, 5.41) is 0.539. The van der Waals surface area contributed by atoms with E-state index in [0.29, 0.717) is 35.4 Å². The lowest BCUT2D eigenvalue weighted by Gasteiger charge is -2.31. The predicted molar refractivity (Wildman–Crippen MR) is 139 cm³/mol. The lowest BCUT2D eigenvalue weighted by Crippen LogP contribution is -2.39. The first-order chi connectivity index (χ1) is 17.0. The Morgan fingerprint density at radius 3 is 2.40 bits per heavy atom. The van der Waals surface area contributed by atoms with Gasteiger partial charge in [-0.25, -0.2) is 4.98 Å². The molecule has 1 heterocycles. The number of methoxy groups -OCH3 is 1. The van der Waals surface area contributed by atoms with Crippen LogP contribution >= 0.6 is 0 Å². The van der Waals surface area contributed by atoms with Crippen molar-refractivity contribution in [1.29, 1.82) is 0 Å². The van der Waals surface area contributed by atoms with E-state index in [1.165, 1.54) is 5.56 Å². The van der Waals surface area contributed by atoms with E-state index in [2.05, 4.69) is 6.92 Å². The van der Waals surface area contributed by atoms with Crippen LogP contribution < -0.4 is 5.56 Å². The molecule has 1 amide bonds. The molecule has 4 rings (SSSR count). The second-order valence-corrected chi connectivity index (χ2v) is 8.63. The van der Waals surface area contributed by atoms with Crippen molar-refractivity contribution in [3.63, 3.8) is 0 Å². The summed E-state index contributed by atoms with van der Waals surface area (Å²) in [6.45, 7) is 6.66. The number of carbonyl (C=O) groups excluding carboxylic acids is 1. The van der Waals surface area contributed by atoms with Crippen molar-refractivity contribution < 1.29 is 9.53 Å². The minimum Gasteiger partial charge on any atom is -0.383 e. The third-order valence-corrected chi connectivity index (χ3v) is 6.42. The van der Waals surface area contributed by atoms with Gasteiger partial charge in [0.1, 0.15) is 5.82 Å². The number of rotatable bonds is 8. The van der Waals surface area contributed by atoms with Crippen LogP contribution in [0.4, 0.5) is 0 Å². The van der Waals surface area contributed by atoms with E-state index in [0.717, 1.165) is 17.7 Å². The minimum atomic E-state index is -0.486. The molecule has 0 aliphatic carbocycles. The van der Waals surface area contributed by atoms with Gasteiger partial charge < -0.3 is 9.64 Å². The number of aryl methyl sites for hydroxylation is 2. The number of fused-ring (bicyclic) bond motifs is 1. The van der Waals surface area contributed by atoms with Gasteiger partial charge in [-0.3, -0.25) is 14.2 Å². The molecular formula is C29H31N3O3. The van der Waals surface area contributed by atoms with E-state index < -0.39 is 6.04 Å². The Kier molecular flexibility index (Phi) is 7.42. The molecule has 0 spiro atoms. The number of hydrogen-bond acceptors (Lipinski definition) is 4. The van der Waals surface area contributed by atoms with Gasteiger partial charge in [-0.05, 0) is 61.7 Å². The summed E-state index contributed by atoms with van der Waals surface area (Å²) in [6.07, 6.45) is 0.907. The second-order valence-electron chi connectivity index (χ2n) is 8.63. The van der Waals surface area contributed by atoms with Gasteiger partial charge in [0.05, 0.1) is 29.2 Å². The maximum absolute atomic E-state index is 13.7. The molecule has 0 N–H and O–H groups in total. The van der Waals surface area contributed by atoms with Crippen molar-refractivity contribution in [2.45, 2.75) is 33.2 Å². The van der Waals surface area contributed by atoms with Crippen LogP contribution in [0.5, 0.6) is 0 Å². The number of ether oxygens (including phenoxy) is 1. The van der Waals surface area contributed by atoms with E-state index in [-0.39, 0.29) is 11.5 Å². The lowest BCUT2D eigenvalue weighted by atomic mass is 10.1. The van der Waals surface area contributed by atoms with Crippen LogP contribution in [-0.2, 0) is 11.2 Å². The first kappa shape index (κ1) is 24.4. The summed E-state index contributed by atoms with van der Waals surface area (Å²) in [6, 6.07) is 22.3. The van der Waals surface area contributed by atoms with Crippen LogP contribution in [-0.4, -0.2) is 40.6 Å². The standard InChI is InChI=1S/C29H31N3O3/c1-5-22-14-16-23(17-15-22)32-27(30-26-13-9-8-12-25(26)29(32)34)21(3)31(18-19-35-4)28(33)24-11-7-6-10-20(24)2/h6-17,21H,5,18-19H2,1-4H3. The second kappa shape index (κ2) is 10.7. The molecule has 1 unspecified atom stereocenters. The van der Waals surface area contributed by atoms with Gasteiger partial charge in [0, 0.05) is 19.2 Å². The van der Waals surface area contributed by atoms with Gasteiger partial charge >= 0.3 is 0 Å². The van der Waals surface area contributed by atoms with Crippen molar-refractivity contribution in [3.8, 4) is 5.69 Å². The van der Waals surface area contributed by atoms with Crippen molar-refractivity contribution in [1.82, 2.24) is 14.5 Å². The predicted octanol–water partition coefficient (Wildman–Crippen LogP) is 5.11. The molecule has 180 valence electrons. The number of para-hydroxylation sites is 1. The monoisotopic (exact) mass is 469 g/mol. The molecule has 1 aromatic heterocycles. The fourth-order valence-corrected chi connectivity index (χ4v) is 4.33. The number of carbonyl (C=O) groups is 1. The topological polar surface area (TPSA) is 64.4 Å². The van der Waals surface area contributed by atoms with E-state index in [4.69, 9.17) is 9.72 Å². The fourth-order valence-electron chi connectivity index (χ4n) is 4.33. The maximum Gasteiger partial charge on any atom is 0.266 e. The molecular weight excluding hydrogens is 438 g/mol. The average molecular weight is 470 g/mol. The SMILES string of the molecule is CCc1ccc(-n2c(C(C)N(CCOC)C(=O)c3ccccc3C)nc3ccccc3c2=O)cc1. The molecule has 3 aromatic carbocycles. The molecule has 0 fully saturated rings. The minimum absolute atomic E-state index is 0.122. The van der Waals surface area contributed by atoms with Crippen LogP contribution in [0.25, 0.3) is 16.6 Å². The van der Waals surface area contributed by atoms with Crippen molar-refractivity contribution in [2.24, 2.45) is 0 Å². The average Bonchev–Trinajstić information content (AvgIpc) is 2.89. The first-order valence-corrected chi connectivity index (χ1v) is 11.9. The normalized spacial score (nSPS) is 12.0. The Bertz CT molecular complexity index is 1390. The zero-order valence-corrected chi connectivity index (χ0v) is 20.7. The highest BCUT2D eigenvalue weighted by Crippen LogP contribution is 2.25. The maximum atomic E-state index is 13.7. The highest BCUT2D eigenvalue weighted by molar-refractivity contribution is 5.96. The molecule has 0 aliphatic heterocycles. The van der Waals surface area contributed by atoms with Gasteiger partial charge in [-0.1, -0.05) is 49.4 Å². The molecule has 6 nitrogen and oxygen atoms in total. The van der Waals surface area contributed by atoms with Gasteiger partial charge in [0.2, 0.25) is 0 Å². The molecule has 6 heteroatoms. The van der Waals surface area contributed by atoms with Crippen LogP contribution in [0.1, 0.15) is 47.2 Å². The van der Waals surface area contributed by atoms with Crippen molar-refractivity contribution in [3.05, 3.63) is 106 Å². The zero-order chi connectivity index (χ0) is 24.9. The molecule has 0 bridgehead atoms. The molecule has 0 radical (unpaired) electrons. The van der Waals surface area contributed by atoms with Crippen LogP contribution in [0.15, 0.2) is 77.6 Å². The molecule has 35 heavy (non-hydrogen) atoms. The Morgan fingerprint density at radius 1 is 1.03 bits per heavy atom. The van der Waals surface area contributed by atoms with Crippen LogP contribution in [0, 0.1) is 6.92 Å². The van der Waals surface area contributed by atoms with E-state index >= 15 is 0 Å². The zero-order valence-electron chi connectivity index (χ0n) is 20.7. The van der Waals surface area contributed by atoms with Gasteiger partial charge in [-0.2, -0.15) is 0 Å². The van der Waals surface area contributed by atoms with Crippen molar-refractivity contribution >= 4 is 16.8 Å². The highest BCUT2D eigenvalue weighted by atomic mass is 16.5. The summed E-state index contributed by atoms with van der Waals surface area (Å²) < 4.78 is 6.96. The smallest absolute Gasteiger partial charge is 0.266 e. The Hall–Kier alpha value is -3.77. The summed E-state index contributed by atoms with van der Waals surface area (Å²) in [5.74, 6) is 0.388. The van der Waals surface area contributed by atoms with Gasteiger partial charge in [-0.15, -0.1) is 0 Å².